The third-order valence-corrected chi connectivity index (χ3v) is 5.60. The van der Waals surface area contributed by atoms with Crippen molar-refractivity contribution in [3.63, 3.8) is 0 Å². The summed E-state index contributed by atoms with van der Waals surface area (Å²) >= 11 is 5.51. The van der Waals surface area contributed by atoms with Gasteiger partial charge in [-0.15, -0.1) is 0 Å². The van der Waals surface area contributed by atoms with Gasteiger partial charge in [0.2, 0.25) is 0 Å². The van der Waals surface area contributed by atoms with Crippen molar-refractivity contribution in [2.24, 2.45) is 4.99 Å². The molecule has 124 valence electrons. The van der Waals surface area contributed by atoms with Crippen LogP contribution in [0.2, 0.25) is 0 Å². The van der Waals surface area contributed by atoms with Gasteiger partial charge in [0.1, 0.15) is 5.65 Å². The third-order valence-electron chi connectivity index (χ3n) is 3.83. The number of aromatic nitrogens is 2. The lowest BCUT2D eigenvalue weighted by Gasteiger charge is -2.39. The zero-order valence-corrected chi connectivity index (χ0v) is 16.1. The number of fused-ring (bicyclic) bond motifs is 1. The van der Waals surface area contributed by atoms with Crippen LogP contribution in [0.15, 0.2) is 34.0 Å². The van der Waals surface area contributed by atoms with E-state index in [0.29, 0.717) is 6.54 Å². The molecule has 5 nitrogen and oxygen atoms in total. The zero-order chi connectivity index (χ0) is 16.4. The van der Waals surface area contributed by atoms with Crippen LogP contribution in [0.4, 0.5) is 0 Å². The lowest BCUT2D eigenvalue weighted by Crippen LogP contribution is -2.50. The second-order valence-electron chi connectivity index (χ2n) is 6.28. The Kier molecular flexibility index (Phi) is 4.87. The Labute approximate surface area is 149 Å². The van der Waals surface area contributed by atoms with Crippen LogP contribution in [-0.4, -0.2) is 50.9 Å². The molecule has 1 N–H and O–H groups in total. The van der Waals surface area contributed by atoms with Gasteiger partial charge in [0.05, 0.1) is 12.2 Å². The number of rotatable bonds is 2. The van der Waals surface area contributed by atoms with Gasteiger partial charge in [-0.3, -0.25) is 4.99 Å². The number of nitrogens with zero attached hydrogens (tertiary/aromatic N) is 4. The van der Waals surface area contributed by atoms with Gasteiger partial charge in [-0.1, -0.05) is 0 Å². The number of hydrogen-bond acceptors (Lipinski definition) is 3. The summed E-state index contributed by atoms with van der Waals surface area (Å²) in [5, 5.41) is 3.45. The number of aliphatic imine (C=N–C) groups is 1. The smallest absolute Gasteiger partial charge is 0.194 e. The van der Waals surface area contributed by atoms with Gasteiger partial charge in [-0.25, -0.2) is 4.98 Å². The van der Waals surface area contributed by atoms with Crippen LogP contribution in [0.1, 0.15) is 19.5 Å². The summed E-state index contributed by atoms with van der Waals surface area (Å²) in [6.07, 6.45) is 4.07. The maximum absolute atomic E-state index is 4.64. The highest BCUT2D eigenvalue weighted by Crippen LogP contribution is 2.29. The standard InChI is InChI=1S/C16H22BrN5S/c1-16(2)11-21(6-7-23-16)15(18-3)19-8-13-10-22-9-12(17)4-5-14(22)20-13/h4-5,9-10H,6-8,11H2,1-3H3,(H,18,19). The predicted molar refractivity (Wildman–Crippen MR) is 101 cm³/mol. The van der Waals surface area contributed by atoms with Crippen molar-refractivity contribution < 1.29 is 0 Å². The second kappa shape index (κ2) is 6.73. The van der Waals surface area contributed by atoms with E-state index in [1.54, 1.807) is 0 Å². The molecule has 7 heteroatoms. The molecule has 0 aromatic carbocycles. The molecular formula is C16H22BrN5S. The number of halogens is 1. The van der Waals surface area contributed by atoms with Gasteiger partial charge in [-0.2, -0.15) is 11.8 Å². The third kappa shape index (κ3) is 4.01. The zero-order valence-electron chi connectivity index (χ0n) is 13.7. The first-order chi connectivity index (χ1) is 11.0. The first kappa shape index (κ1) is 16.6. The minimum atomic E-state index is 0.269. The first-order valence-electron chi connectivity index (χ1n) is 7.69. The molecule has 3 rings (SSSR count). The maximum atomic E-state index is 4.64. The van der Waals surface area contributed by atoms with Crippen molar-refractivity contribution >= 4 is 39.3 Å². The molecule has 0 spiro atoms. The molecule has 23 heavy (non-hydrogen) atoms. The van der Waals surface area contributed by atoms with Crippen molar-refractivity contribution in [2.75, 3.05) is 25.9 Å². The number of imidazole rings is 1. The summed E-state index contributed by atoms with van der Waals surface area (Å²) in [6, 6.07) is 4.01. The van der Waals surface area contributed by atoms with E-state index in [0.717, 1.165) is 40.6 Å². The topological polar surface area (TPSA) is 44.9 Å². The molecule has 1 aliphatic heterocycles. The SMILES string of the molecule is CN=C(NCc1cn2cc(Br)ccc2n1)N1CCSC(C)(C)C1. The fraction of sp³-hybridized carbons (Fsp3) is 0.500. The average molecular weight is 396 g/mol. The summed E-state index contributed by atoms with van der Waals surface area (Å²) in [5.74, 6) is 2.09. The Hall–Kier alpha value is -1.21. The van der Waals surface area contributed by atoms with Gasteiger partial charge in [0.15, 0.2) is 5.96 Å². The Morgan fingerprint density at radius 3 is 3.00 bits per heavy atom. The average Bonchev–Trinajstić information content (AvgIpc) is 2.89. The molecule has 3 heterocycles. The van der Waals surface area contributed by atoms with E-state index in [4.69, 9.17) is 0 Å². The van der Waals surface area contributed by atoms with Crippen LogP contribution in [0.25, 0.3) is 5.65 Å². The number of guanidine groups is 1. The van der Waals surface area contributed by atoms with Crippen LogP contribution in [0.3, 0.4) is 0 Å². The molecule has 0 radical (unpaired) electrons. The van der Waals surface area contributed by atoms with Gasteiger partial charge in [0.25, 0.3) is 0 Å². The van der Waals surface area contributed by atoms with Crippen LogP contribution in [0.5, 0.6) is 0 Å². The molecule has 1 saturated heterocycles. The van der Waals surface area contributed by atoms with E-state index in [2.05, 4.69) is 56.2 Å². The van der Waals surface area contributed by atoms with E-state index in [1.165, 1.54) is 0 Å². The fourth-order valence-electron chi connectivity index (χ4n) is 2.80. The number of hydrogen-bond donors (Lipinski definition) is 1. The maximum Gasteiger partial charge on any atom is 0.194 e. The highest BCUT2D eigenvalue weighted by molar-refractivity contribution is 9.10. The van der Waals surface area contributed by atoms with Crippen molar-refractivity contribution in [3.05, 3.63) is 34.7 Å². The second-order valence-corrected chi connectivity index (χ2v) is 8.99. The van der Waals surface area contributed by atoms with Crippen LogP contribution in [0, 0.1) is 0 Å². The number of thioether (sulfide) groups is 1. The van der Waals surface area contributed by atoms with E-state index in [-0.39, 0.29) is 4.75 Å². The van der Waals surface area contributed by atoms with E-state index < -0.39 is 0 Å². The van der Waals surface area contributed by atoms with Gasteiger partial charge >= 0.3 is 0 Å². The highest BCUT2D eigenvalue weighted by atomic mass is 79.9. The van der Waals surface area contributed by atoms with Crippen LogP contribution >= 0.6 is 27.7 Å². The van der Waals surface area contributed by atoms with Crippen LogP contribution in [-0.2, 0) is 6.54 Å². The Balaban J connectivity index is 1.67. The Bertz CT molecular complexity index is 724. The lowest BCUT2D eigenvalue weighted by atomic mass is 10.2. The largest absolute Gasteiger partial charge is 0.351 e. The molecule has 0 saturated carbocycles. The van der Waals surface area contributed by atoms with Gasteiger partial charge in [0, 0.05) is 47.5 Å². The van der Waals surface area contributed by atoms with Crippen molar-refractivity contribution in [2.45, 2.75) is 25.1 Å². The minimum Gasteiger partial charge on any atom is -0.351 e. The predicted octanol–water partition coefficient (Wildman–Crippen LogP) is 3.00. The molecule has 2 aromatic rings. The summed E-state index contributed by atoms with van der Waals surface area (Å²) in [6.45, 7) is 7.30. The molecule has 0 unspecified atom stereocenters. The highest BCUT2D eigenvalue weighted by Gasteiger charge is 2.28. The van der Waals surface area contributed by atoms with E-state index in [1.807, 2.05) is 41.5 Å². The number of nitrogens with one attached hydrogen (secondary N) is 1. The molecule has 0 aliphatic carbocycles. The quantitative estimate of drug-likeness (QED) is 0.626. The van der Waals surface area contributed by atoms with E-state index >= 15 is 0 Å². The summed E-state index contributed by atoms with van der Waals surface area (Å²) in [7, 11) is 1.85. The molecule has 0 bridgehead atoms. The summed E-state index contributed by atoms with van der Waals surface area (Å²) in [4.78, 5) is 11.4. The molecule has 2 aromatic heterocycles. The molecule has 1 aliphatic rings. The fourth-order valence-corrected chi connectivity index (χ4v) is 4.27. The normalized spacial score (nSPS) is 18.4. The summed E-state index contributed by atoms with van der Waals surface area (Å²) in [5.41, 5.74) is 1.96. The Morgan fingerprint density at radius 2 is 2.26 bits per heavy atom. The van der Waals surface area contributed by atoms with Crippen molar-refractivity contribution in [1.29, 1.82) is 0 Å². The Morgan fingerprint density at radius 1 is 1.43 bits per heavy atom. The number of pyridine rings is 1. The summed E-state index contributed by atoms with van der Waals surface area (Å²) < 4.78 is 3.35. The first-order valence-corrected chi connectivity index (χ1v) is 9.47. The molecule has 1 fully saturated rings. The molecule has 0 atom stereocenters. The molecule has 0 amide bonds. The lowest BCUT2D eigenvalue weighted by molar-refractivity contribution is 0.375. The monoisotopic (exact) mass is 395 g/mol. The van der Waals surface area contributed by atoms with Gasteiger partial charge in [-0.05, 0) is 41.9 Å². The van der Waals surface area contributed by atoms with Crippen LogP contribution < -0.4 is 5.32 Å². The van der Waals surface area contributed by atoms with Gasteiger partial charge < -0.3 is 14.6 Å². The minimum absolute atomic E-state index is 0.269. The molecular weight excluding hydrogens is 374 g/mol. The van der Waals surface area contributed by atoms with Crippen molar-refractivity contribution in [3.8, 4) is 0 Å². The van der Waals surface area contributed by atoms with Crippen molar-refractivity contribution in [1.82, 2.24) is 19.6 Å². The van der Waals surface area contributed by atoms with E-state index in [9.17, 15) is 0 Å².